The Bertz CT molecular complexity index is 476. The minimum absolute atomic E-state index is 0.225. The predicted octanol–water partition coefficient (Wildman–Crippen LogP) is 4.39. The van der Waals surface area contributed by atoms with Gasteiger partial charge in [0.25, 0.3) is 0 Å². The van der Waals surface area contributed by atoms with E-state index in [4.69, 9.17) is 4.74 Å². The van der Waals surface area contributed by atoms with Crippen LogP contribution < -0.4 is 10.1 Å². The van der Waals surface area contributed by atoms with Crippen LogP contribution in [-0.4, -0.2) is 6.10 Å². The SMILES string of the molecule is CC(C)Oc1ccc(CN[C@@H](C)c2cccs2)cc1. The van der Waals surface area contributed by atoms with Gasteiger partial charge in [-0.15, -0.1) is 11.3 Å². The first-order valence-electron chi connectivity index (χ1n) is 6.67. The van der Waals surface area contributed by atoms with Gasteiger partial charge in [-0.2, -0.15) is 0 Å². The maximum Gasteiger partial charge on any atom is 0.119 e. The van der Waals surface area contributed by atoms with Crippen LogP contribution in [-0.2, 0) is 6.54 Å². The number of thiophene rings is 1. The fourth-order valence-corrected chi connectivity index (χ4v) is 2.63. The Hall–Kier alpha value is -1.32. The fraction of sp³-hybridized carbons (Fsp3) is 0.375. The van der Waals surface area contributed by atoms with Crippen LogP contribution >= 0.6 is 11.3 Å². The van der Waals surface area contributed by atoms with Crippen molar-refractivity contribution in [1.29, 1.82) is 0 Å². The summed E-state index contributed by atoms with van der Waals surface area (Å²) in [4.78, 5) is 1.37. The monoisotopic (exact) mass is 275 g/mol. The average molecular weight is 275 g/mol. The quantitative estimate of drug-likeness (QED) is 0.844. The van der Waals surface area contributed by atoms with Gasteiger partial charge in [0.15, 0.2) is 0 Å². The number of benzene rings is 1. The summed E-state index contributed by atoms with van der Waals surface area (Å²) in [7, 11) is 0. The zero-order chi connectivity index (χ0) is 13.7. The molecule has 0 fully saturated rings. The molecule has 0 amide bonds. The van der Waals surface area contributed by atoms with Crippen molar-refractivity contribution in [1.82, 2.24) is 5.32 Å². The molecule has 0 aliphatic carbocycles. The Balaban J connectivity index is 1.86. The van der Waals surface area contributed by atoms with Crippen LogP contribution in [0.3, 0.4) is 0 Å². The van der Waals surface area contributed by atoms with Crippen molar-refractivity contribution in [3.05, 3.63) is 52.2 Å². The molecule has 0 unspecified atom stereocenters. The first kappa shape index (κ1) is 14.1. The Morgan fingerprint density at radius 3 is 2.42 bits per heavy atom. The first-order valence-corrected chi connectivity index (χ1v) is 7.55. The molecule has 1 atom stereocenters. The van der Waals surface area contributed by atoms with E-state index in [9.17, 15) is 0 Å². The molecule has 0 spiro atoms. The average Bonchev–Trinajstić information content (AvgIpc) is 2.91. The second kappa shape index (κ2) is 6.73. The second-order valence-corrected chi connectivity index (χ2v) is 5.91. The largest absolute Gasteiger partial charge is 0.491 e. The molecule has 2 aromatic rings. The summed E-state index contributed by atoms with van der Waals surface area (Å²) in [5.41, 5.74) is 1.28. The van der Waals surface area contributed by atoms with E-state index in [1.807, 2.05) is 26.0 Å². The molecule has 0 saturated heterocycles. The van der Waals surface area contributed by atoms with Gasteiger partial charge in [-0.3, -0.25) is 0 Å². The van der Waals surface area contributed by atoms with Gasteiger partial charge >= 0.3 is 0 Å². The second-order valence-electron chi connectivity index (χ2n) is 4.93. The van der Waals surface area contributed by atoms with Crippen LogP contribution in [0.25, 0.3) is 0 Å². The number of rotatable bonds is 6. The number of hydrogen-bond donors (Lipinski definition) is 1. The summed E-state index contributed by atoms with van der Waals surface area (Å²) in [6.45, 7) is 7.15. The van der Waals surface area contributed by atoms with Crippen LogP contribution in [0.4, 0.5) is 0 Å². The molecule has 1 heterocycles. The lowest BCUT2D eigenvalue weighted by Gasteiger charge is -2.13. The normalized spacial score (nSPS) is 12.6. The van der Waals surface area contributed by atoms with Crippen LogP contribution in [0.1, 0.15) is 37.3 Å². The van der Waals surface area contributed by atoms with Gasteiger partial charge in [-0.25, -0.2) is 0 Å². The summed E-state index contributed by atoms with van der Waals surface area (Å²) in [5, 5.41) is 5.65. The van der Waals surface area contributed by atoms with E-state index in [1.54, 1.807) is 11.3 Å². The summed E-state index contributed by atoms with van der Waals surface area (Å²) in [5.74, 6) is 0.935. The highest BCUT2D eigenvalue weighted by molar-refractivity contribution is 7.10. The summed E-state index contributed by atoms with van der Waals surface area (Å²) < 4.78 is 5.63. The summed E-state index contributed by atoms with van der Waals surface area (Å²) >= 11 is 1.79. The maximum atomic E-state index is 5.63. The van der Waals surface area contributed by atoms with Crippen molar-refractivity contribution in [2.75, 3.05) is 0 Å². The molecule has 3 heteroatoms. The molecule has 0 saturated carbocycles. The van der Waals surface area contributed by atoms with Gasteiger partial charge in [-0.05, 0) is 49.9 Å². The highest BCUT2D eigenvalue weighted by atomic mass is 32.1. The van der Waals surface area contributed by atoms with Crippen molar-refractivity contribution in [2.45, 2.75) is 39.5 Å². The number of nitrogens with one attached hydrogen (secondary N) is 1. The minimum atomic E-state index is 0.225. The van der Waals surface area contributed by atoms with Gasteiger partial charge in [0.1, 0.15) is 5.75 Å². The zero-order valence-corrected chi connectivity index (χ0v) is 12.5. The highest BCUT2D eigenvalue weighted by Gasteiger charge is 2.05. The molecule has 1 N–H and O–H groups in total. The Morgan fingerprint density at radius 1 is 1.11 bits per heavy atom. The molecular formula is C16H21NOS. The van der Waals surface area contributed by atoms with E-state index < -0.39 is 0 Å². The van der Waals surface area contributed by atoms with Crippen molar-refractivity contribution in [3.8, 4) is 5.75 Å². The maximum absolute atomic E-state index is 5.63. The van der Waals surface area contributed by atoms with Gasteiger partial charge in [0.05, 0.1) is 6.10 Å². The lowest BCUT2D eigenvalue weighted by Crippen LogP contribution is -2.17. The first-order chi connectivity index (χ1) is 9.15. The molecule has 0 aliphatic rings. The molecular weight excluding hydrogens is 254 g/mol. The summed E-state index contributed by atoms with van der Waals surface area (Å²) in [6, 6.07) is 13.0. The van der Waals surface area contributed by atoms with Crippen LogP contribution in [0.15, 0.2) is 41.8 Å². The standard InChI is InChI=1S/C16H21NOS/c1-12(2)18-15-8-6-14(7-9-15)11-17-13(3)16-5-4-10-19-16/h4-10,12-13,17H,11H2,1-3H3/t13-/m0/s1. The molecule has 0 aliphatic heterocycles. The molecule has 19 heavy (non-hydrogen) atoms. The Morgan fingerprint density at radius 2 is 1.84 bits per heavy atom. The van der Waals surface area contributed by atoms with Crippen molar-refractivity contribution in [2.24, 2.45) is 0 Å². The van der Waals surface area contributed by atoms with E-state index in [0.29, 0.717) is 6.04 Å². The predicted molar refractivity (Wildman–Crippen MR) is 81.8 cm³/mol. The van der Waals surface area contributed by atoms with E-state index in [0.717, 1.165) is 12.3 Å². The van der Waals surface area contributed by atoms with Crippen LogP contribution in [0, 0.1) is 0 Å². The van der Waals surface area contributed by atoms with Crippen molar-refractivity contribution < 1.29 is 4.74 Å². The topological polar surface area (TPSA) is 21.3 Å². The zero-order valence-electron chi connectivity index (χ0n) is 11.7. The van der Waals surface area contributed by atoms with Crippen molar-refractivity contribution >= 4 is 11.3 Å². The lowest BCUT2D eigenvalue weighted by molar-refractivity contribution is 0.242. The molecule has 102 valence electrons. The minimum Gasteiger partial charge on any atom is -0.491 e. The molecule has 0 bridgehead atoms. The van der Waals surface area contributed by atoms with Gasteiger partial charge in [-0.1, -0.05) is 18.2 Å². The van der Waals surface area contributed by atoms with E-state index in [-0.39, 0.29) is 6.10 Å². The number of hydrogen-bond acceptors (Lipinski definition) is 3. The van der Waals surface area contributed by atoms with E-state index in [1.165, 1.54) is 10.4 Å². The summed E-state index contributed by atoms with van der Waals surface area (Å²) in [6.07, 6.45) is 0.225. The number of ether oxygens (including phenoxy) is 1. The van der Waals surface area contributed by atoms with Crippen molar-refractivity contribution in [3.63, 3.8) is 0 Å². The van der Waals surface area contributed by atoms with E-state index in [2.05, 4.69) is 41.9 Å². The molecule has 2 nitrogen and oxygen atoms in total. The van der Waals surface area contributed by atoms with Crippen LogP contribution in [0.2, 0.25) is 0 Å². The Kier molecular flexibility index (Phi) is 5.00. The third-order valence-corrected chi connectivity index (χ3v) is 3.93. The molecule has 1 aromatic heterocycles. The highest BCUT2D eigenvalue weighted by Crippen LogP contribution is 2.19. The molecule has 2 rings (SSSR count). The fourth-order valence-electron chi connectivity index (χ4n) is 1.87. The Labute approximate surface area is 119 Å². The van der Waals surface area contributed by atoms with Gasteiger partial charge in [0, 0.05) is 17.5 Å². The smallest absolute Gasteiger partial charge is 0.119 e. The molecule has 1 aromatic carbocycles. The van der Waals surface area contributed by atoms with E-state index >= 15 is 0 Å². The van der Waals surface area contributed by atoms with Gasteiger partial charge < -0.3 is 10.1 Å². The third-order valence-electron chi connectivity index (χ3n) is 2.88. The molecule has 0 radical (unpaired) electrons. The van der Waals surface area contributed by atoms with Gasteiger partial charge in [0.2, 0.25) is 0 Å². The van der Waals surface area contributed by atoms with Crippen LogP contribution in [0.5, 0.6) is 5.75 Å². The lowest BCUT2D eigenvalue weighted by atomic mass is 10.2. The third kappa shape index (κ3) is 4.37.